The van der Waals surface area contributed by atoms with Gasteiger partial charge in [0, 0.05) is 32.6 Å². The van der Waals surface area contributed by atoms with Gasteiger partial charge < -0.3 is 24.7 Å². The van der Waals surface area contributed by atoms with E-state index in [1.807, 2.05) is 0 Å². The van der Waals surface area contributed by atoms with Crippen LogP contribution in [-0.4, -0.2) is 49.7 Å². The maximum atomic E-state index is 13.1. The number of carbonyl (C=O) groups excluding carboxylic acids is 3. The highest BCUT2D eigenvalue weighted by atomic mass is 16.5. The number of aryl methyl sites for hydroxylation is 1. The van der Waals surface area contributed by atoms with Crippen LogP contribution in [0.25, 0.3) is 0 Å². The van der Waals surface area contributed by atoms with Crippen LogP contribution in [-0.2, 0) is 20.8 Å². The minimum Gasteiger partial charge on any atom is -0.467 e. The highest BCUT2D eigenvalue weighted by Crippen LogP contribution is 2.15. The molecule has 0 aliphatic heterocycles. The average Bonchev–Trinajstić information content (AvgIpc) is 2.81. The second-order valence-corrected chi connectivity index (χ2v) is 7.92. The molecule has 1 aromatic heterocycles. The van der Waals surface area contributed by atoms with Crippen molar-refractivity contribution in [2.24, 2.45) is 5.92 Å². The lowest BCUT2D eigenvalue weighted by Gasteiger charge is -2.18. The van der Waals surface area contributed by atoms with Gasteiger partial charge in [0.05, 0.1) is 13.7 Å². The largest absolute Gasteiger partial charge is 0.467 e. The summed E-state index contributed by atoms with van der Waals surface area (Å²) in [4.78, 5) is 51.1. The summed E-state index contributed by atoms with van der Waals surface area (Å²) in [7, 11) is 2.72. The number of ether oxygens (including phenoxy) is 2. The van der Waals surface area contributed by atoms with Crippen molar-refractivity contribution in [3.8, 4) is 0 Å². The van der Waals surface area contributed by atoms with Crippen LogP contribution in [0.2, 0.25) is 0 Å². The number of nitrogens with zero attached hydrogens (tertiary/aromatic N) is 1. The second kappa shape index (κ2) is 12.5. The summed E-state index contributed by atoms with van der Waals surface area (Å²) in [5, 5.41) is 5.18. The minimum atomic E-state index is -1.11. The maximum absolute atomic E-state index is 13.1. The van der Waals surface area contributed by atoms with Crippen molar-refractivity contribution >= 4 is 17.8 Å². The van der Waals surface area contributed by atoms with Crippen molar-refractivity contribution < 1.29 is 23.9 Å². The van der Waals surface area contributed by atoms with E-state index in [9.17, 15) is 19.2 Å². The molecule has 0 spiro atoms. The normalized spacial score (nSPS) is 11.7. The molecule has 0 bridgehead atoms. The number of benzene rings is 1. The van der Waals surface area contributed by atoms with E-state index in [4.69, 9.17) is 9.47 Å². The second-order valence-electron chi connectivity index (χ2n) is 7.92. The van der Waals surface area contributed by atoms with E-state index in [-0.39, 0.29) is 24.3 Å². The smallest absolute Gasteiger partial charge is 0.333 e. The first-order chi connectivity index (χ1) is 15.8. The molecule has 33 heavy (non-hydrogen) atoms. The van der Waals surface area contributed by atoms with E-state index >= 15 is 0 Å². The van der Waals surface area contributed by atoms with Crippen LogP contribution in [0.3, 0.4) is 0 Å². The Morgan fingerprint density at radius 2 is 1.64 bits per heavy atom. The van der Waals surface area contributed by atoms with E-state index in [2.05, 4.69) is 24.5 Å². The lowest BCUT2D eigenvalue weighted by Crippen LogP contribution is -2.39. The van der Waals surface area contributed by atoms with Gasteiger partial charge >= 0.3 is 5.97 Å². The van der Waals surface area contributed by atoms with Gasteiger partial charge in [0.25, 0.3) is 11.8 Å². The van der Waals surface area contributed by atoms with Crippen LogP contribution in [0, 0.1) is 5.92 Å². The van der Waals surface area contributed by atoms with E-state index < -0.39 is 29.3 Å². The molecular weight excluding hydrogens is 426 g/mol. The molecule has 0 aliphatic rings. The number of amides is 2. The predicted octanol–water partition coefficient (Wildman–Crippen LogP) is 1.91. The third kappa shape index (κ3) is 7.28. The third-order valence-corrected chi connectivity index (χ3v) is 4.97. The van der Waals surface area contributed by atoms with Crippen LogP contribution < -0.4 is 16.1 Å². The molecule has 2 N–H and O–H groups in total. The topological polar surface area (TPSA) is 116 Å². The molecule has 178 valence electrons. The summed E-state index contributed by atoms with van der Waals surface area (Å²) < 4.78 is 11.4. The van der Waals surface area contributed by atoms with Crippen molar-refractivity contribution in [1.29, 1.82) is 0 Å². The Bertz CT molecular complexity index is 1020. The highest BCUT2D eigenvalue weighted by molar-refractivity contribution is 6.00. The number of pyridine rings is 1. The first-order valence-corrected chi connectivity index (χ1v) is 10.7. The molecule has 0 saturated carbocycles. The SMILES string of the molecule is COCCNC(=O)c1cn(CCC(C)C)cc(C(=O)N[C@H](C(=O)OC)c2ccccc2)c1=O. The highest BCUT2D eigenvalue weighted by Gasteiger charge is 2.26. The lowest BCUT2D eigenvalue weighted by atomic mass is 10.1. The van der Waals surface area contributed by atoms with E-state index in [0.717, 1.165) is 6.42 Å². The van der Waals surface area contributed by atoms with Crippen LogP contribution in [0.4, 0.5) is 0 Å². The Labute approximate surface area is 193 Å². The van der Waals surface area contributed by atoms with Gasteiger partial charge in [-0.2, -0.15) is 0 Å². The van der Waals surface area contributed by atoms with Crippen LogP contribution in [0.15, 0.2) is 47.5 Å². The molecule has 2 amide bonds. The Morgan fingerprint density at radius 1 is 1.00 bits per heavy atom. The van der Waals surface area contributed by atoms with Gasteiger partial charge in [0.1, 0.15) is 11.1 Å². The Kier molecular flexibility index (Phi) is 9.81. The fourth-order valence-corrected chi connectivity index (χ4v) is 3.10. The molecule has 0 fully saturated rings. The van der Waals surface area contributed by atoms with Crippen molar-refractivity contribution in [3.05, 3.63) is 69.6 Å². The number of methoxy groups -OCH3 is 2. The molecule has 2 aromatic rings. The molecule has 0 radical (unpaired) electrons. The van der Waals surface area contributed by atoms with Gasteiger partial charge in [0.15, 0.2) is 6.04 Å². The number of esters is 1. The molecule has 0 saturated heterocycles. The summed E-state index contributed by atoms with van der Waals surface area (Å²) in [6.07, 6.45) is 3.63. The van der Waals surface area contributed by atoms with Crippen LogP contribution >= 0.6 is 0 Å². The zero-order valence-electron chi connectivity index (χ0n) is 19.4. The first kappa shape index (κ1) is 25.8. The molecule has 0 unspecified atom stereocenters. The van der Waals surface area contributed by atoms with Crippen molar-refractivity contribution in [2.45, 2.75) is 32.9 Å². The van der Waals surface area contributed by atoms with Gasteiger partial charge in [-0.3, -0.25) is 14.4 Å². The van der Waals surface area contributed by atoms with E-state index in [1.54, 1.807) is 34.9 Å². The first-order valence-electron chi connectivity index (χ1n) is 10.7. The van der Waals surface area contributed by atoms with E-state index in [1.165, 1.54) is 26.6 Å². The quantitative estimate of drug-likeness (QED) is 0.393. The number of rotatable bonds is 11. The number of aromatic nitrogens is 1. The zero-order valence-corrected chi connectivity index (χ0v) is 19.4. The third-order valence-electron chi connectivity index (χ3n) is 4.97. The standard InChI is InChI=1S/C24H31N3O6/c1-16(2)10-12-27-14-18(22(29)25-11-13-32-3)21(28)19(15-27)23(30)26-20(24(31)33-4)17-8-6-5-7-9-17/h5-9,14-16,20H,10-13H2,1-4H3,(H,25,29)(H,26,30)/t20-/m0/s1. The van der Waals surface area contributed by atoms with Crippen molar-refractivity contribution in [3.63, 3.8) is 0 Å². The summed E-state index contributed by atoms with van der Waals surface area (Å²) >= 11 is 0. The minimum absolute atomic E-state index is 0.156. The van der Waals surface area contributed by atoms with Gasteiger partial charge in [-0.25, -0.2) is 4.79 Å². The zero-order chi connectivity index (χ0) is 24.4. The Morgan fingerprint density at radius 3 is 2.21 bits per heavy atom. The molecular formula is C24H31N3O6. The fourth-order valence-electron chi connectivity index (χ4n) is 3.10. The molecule has 2 rings (SSSR count). The van der Waals surface area contributed by atoms with Gasteiger partial charge in [0.2, 0.25) is 5.43 Å². The molecule has 0 aliphatic carbocycles. The molecule has 1 atom stereocenters. The molecule has 1 aromatic carbocycles. The van der Waals surface area contributed by atoms with Crippen molar-refractivity contribution in [2.75, 3.05) is 27.4 Å². The van der Waals surface area contributed by atoms with Gasteiger partial charge in [-0.1, -0.05) is 44.2 Å². The molecule has 9 nitrogen and oxygen atoms in total. The predicted molar refractivity (Wildman–Crippen MR) is 123 cm³/mol. The van der Waals surface area contributed by atoms with Crippen LogP contribution in [0.5, 0.6) is 0 Å². The molecule has 1 heterocycles. The fraction of sp³-hybridized carbons (Fsp3) is 0.417. The van der Waals surface area contributed by atoms with Gasteiger partial charge in [-0.15, -0.1) is 0 Å². The maximum Gasteiger partial charge on any atom is 0.333 e. The van der Waals surface area contributed by atoms with Crippen molar-refractivity contribution in [1.82, 2.24) is 15.2 Å². The Hall–Kier alpha value is -3.46. The summed E-state index contributed by atoms with van der Waals surface area (Å²) in [5.74, 6) is -1.67. The number of hydrogen-bond acceptors (Lipinski definition) is 6. The number of carbonyl (C=O) groups is 3. The lowest BCUT2D eigenvalue weighted by molar-refractivity contribution is -0.143. The number of nitrogens with one attached hydrogen (secondary N) is 2. The Balaban J connectivity index is 2.42. The summed E-state index contributed by atoms with van der Waals surface area (Å²) in [5.41, 5.74) is -0.606. The number of hydrogen-bond donors (Lipinski definition) is 2. The van der Waals surface area contributed by atoms with E-state index in [0.29, 0.717) is 18.0 Å². The van der Waals surface area contributed by atoms with Crippen LogP contribution in [0.1, 0.15) is 52.6 Å². The molecule has 9 heteroatoms. The monoisotopic (exact) mass is 457 g/mol. The average molecular weight is 458 g/mol. The summed E-state index contributed by atoms with van der Waals surface area (Å²) in [6, 6.07) is 7.46. The summed E-state index contributed by atoms with van der Waals surface area (Å²) in [6.45, 7) is 5.11. The van der Waals surface area contributed by atoms with Gasteiger partial charge in [-0.05, 0) is 17.9 Å².